The molecule has 0 spiro atoms. The standard InChI is InChI=1S/2C24H31N5O3.C20H23N5O3/c1-5-8-9-17(6-2)15-29-23(31)20(14-25)16(4)21(24(29)32)28-27-19-12-10-18(11-13-19)22(30)26-7-3;1-4-6-8-9-15-29-23(31)20(16-25)17(3)21(24(29)32)28-27-19-12-10-18(11-13-19)22(30)26-14-7-5-2;1-4-6-7-15-16(12-21)19(27)25(3)20(28)17(15)24-23-14-10-8-13(9-11-14)18(26)22-5-2/h10-13,17,31H,5-9,15H2,1-4H3,(H,26,30);10-13,31H,4-9,14-15H2,1-3H3,(H,26,30);8-11,27H,4-7H2,1-3H3,(H,22,26). The molecule has 0 saturated carbocycles. The molecular formula is C68H85N15O9. The molecule has 0 aliphatic heterocycles. The molecular weight excluding hydrogens is 1170 g/mol. The zero-order chi connectivity index (χ0) is 67.9. The quantitative estimate of drug-likeness (QED) is 0.0197. The molecule has 0 fully saturated rings. The van der Waals surface area contributed by atoms with E-state index in [1.54, 1.807) is 86.6 Å². The van der Waals surface area contributed by atoms with Gasteiger partial charge in [0.2, 0.25) is 17.6 Å². The largest absolute Gasteiger partial charge is 0.493 e. The average molecular weight is 1260 g/mol. The minimum atomic E-state index is -0.523. The van der Waals surface area contributed by atoms with Crippen molar-refractivity contribution in [2.24, 2.45) is 43.7 Å². The van der Waals surface area contributed by atoms with E-state index in [1.807, 2.05) is 45.9 Å². The number of amides is 3. The molecule has 0 aliphatic carbocycles. The molecule has 3 amide bonds. The van der Waals surface area contributed by atoms with Gasteiger partial charge in [0.05, 0.1) is 17.1 Å². The molecule has 0 radical (unpaired) electrons. The first-order valence-corrected chi connectivity index (χ1v) is 31.2. The number of nitrogens with zero attached hydrogens (tertiary/aromatic N) is 12. The number of carbonyl (C=O) groups excluding carboxylic acids is 3. The van der Waals surface area contributed by atoms with Crippen LogP contribution < -0.4 is 32.6 Å². The molecule has 92 heavy (non-hydrogen) atoms. The number of hydrogen-bond acceptors (Lipinski definition) is 18. The molecule has 486 valence electrons. The van der Waals surface area contributed by atoms with Gasteiger partial charge in [-0.2, -0.15) is 31.1 Å². The molecule has 1 unspecified atom stereocenters. The zero-order valence-electron chi connectivity index (χ0n) is 54.4. The monoisotopic (exact) mass is 1260 g/mol. The van der Waals surface area contributed by atoms with Gasteiger partial charge in [-0.05, 0) is 139 Å². The third kappa shape index (κ3) is 20.3. The fourth-order valence-corrected chi connectivity index (χ4v) is 9.35. The predicted molar refractivity (Wildman–Crippen MR) is 353 cm³/mol. The van der Waals surface area contributed by atoms with Crippen LogP contribution in [0.2, 0.25) is 0 Å². The summed E-state index contributed by atoms with van der Waals surface area (Å²) in [6.07, 6.45) is 11.6. The Bertz CT molecular complexity index is 3900. The highest BCUT2D eigenvalue weighted by Crippen LogP contribution is 2.32. The maximum atomic E-state index is 13.1. The Morgan fingerprint density at radius 2 is 0.902 bits per heavy atom. The Balaban J connectivity index is 0.000000295. The number of aromatic hydroxyl groups is 3. The molecule has 24 nitrogen and oxygen atoms in total. The Morgan fingerprint density at radius 1 is 0.489 bits per heavy atom. The van der Waals surface area contributed by atoms with E-state index >= 15 is 0 Å². The Labute approximate surface area is 536 Å². The Hall–Kier alpha value is -10.4. The van der Waals surface area contributed by atoms with Crippen LogP contribution in [0.15, 0.2) is 118 Å². The highest BCUT2D eigenvalue weighted by atomic mass is 16.3. The van der Waals surface area contributed by atoms with Gasteiger partial charge in [-0.1, -0.05) is 86.0 Å². The van der Waals surface area contributed by atoms with E-state index in [9.17, 15) is 59.9 Å². The first-order chi connectivity index (χ1) is 44.2. The second-order valence-electron chi connectivity index (χ2n) is 21.6. The van der Waals surface area contributed by atoms with Crippen molar-refractivity contribution >= 4 is 51.8 Å². The summed E-state index contributed by atoms with van der Waals surface area (Å²) in [7, 11) is 1.38. The minimum Gasteiger partial charge on any atom is -0.493 e. The molecule has 6 aromatic rings. The van der Waals surface area contributed by atoms with Crippen molar-refractivity contribution in [2.45, 2.75) is 159 Å². The third-order valence-electron chi connectivity index (χ3n) is 15.0. The van der Waals surface area contributed by atoms with Gasteiger partial charge in [-0.3, -0.25) is 42.5 Å². The lowest BCUT2D eigenvalue weighted by Crippen LogP contribution is -2.25. The van der Waals surface area contributed by atoms with E-state index in [-0.39, 0.29) is 86.2 Å². The van der Waals surface area contributed by atoms with Crippen LogP contribution in [-0.4, -0.2) is 66.4 Å². The molecule has 24 heteroatoms. The number of nitriles is 3. The summed E-state index contributed by atoms with van der Waals surface area (Å²) in [6.45, 7) is 19.4. The summed E-state index contributed by atoms with van der Waals surface area (Å²) in [6, 6.07) is 25.5. The second-order valence-corrected chi connectivity index (χ2v) is 21.6. The number of unbranched alkanes of at least 4 members (excludes halogenated alkanes) is 6. The van der Waals surface area contributed by atoms with Crippen LogP contribution in [0.1, 0.15) is 190 Å². The van der Waals surface area contributed by atoms with Crippen molar-refractivity contribution < 1.29 is 29.7 Å². The number of azo groups is 3. The molecule has 0 saturated heterocycles. The SMILES string of the molecule is CCCCC(CC)Cn1c(O)c(C#N)c(C)c(N=Nc2ccc(C(=O)NCC)cc2)c1=O.CCCCCCn1c(O)c(C#N)c(C)c(N=Nc2ccc(C(=O)NCCCC)cc2)c1=O.CCCCc1c(C#N)c(O)n(C)c(=O)c1N=Nc1ccc(C(=O)NCC)cc1. The van der Waals surface area contributed by atoms with Crippen LogP contribution in [0, 0.1) is 53.8 Å². The van der Waals surface area contributed by atoms with Crippen LogP contribution in [0.5, 0.6) is 17.6 Å². The van der Waals surface area contributed by atoms with Crippen molar-refractivity contribution in [1.29, 1.82) is 15.8 Å². The van der Waals surface area contributed by atoms with Crippen LogP contribution in [0.25, 0.3) is 0 Å². The van der Waals surface area contributed by atoms with E-state index < -0.39 is 16.7 Å². The summed E-state index contributed by atoms with van der Waals surface area (Å²) in [5.41, 5.74) is 2.57. The molecule has 0 aliphatic rings. The van der Waals surface area contributed by atoms with Crippen molar-refractivity contribution in [3.05, 3.63) is 154 Å². The van der Waals surface area contributed by atoms with Gasteiger partial charge in [0.15, 0.2) is 17.1 Å². The van der Waals surface area contributed by atoms with Gasteiger partial charge < -0.3 is 31.3 Å². The maximum absolute atomic E-state index is 13.1. The van der Waals surface area contributed by atoms with Crippen molar-refractivity contribution in [2.75, 3.05) is 19.6 Å². The summed E-state index contributed by atoms with van der Waals surface area (Å²) in [5, 5.41) is 92.4. The van der Waals surface area contributed by atoms with Crippen molar-refractivity contribution in [1.82, 2.24) is 29.7 Å². The van der Waals surface area contributed by atoms with Crippen LogP contribution in [0.4, 0.5) is 34.1 Å². The van der Waals surface area contributed by atoms with Crippen LogP contribution in [-0.2, 0) is 26.6 Å². The highest BCUT2D eigenvalue weighted by molar-refractivity contribution is 5.95. The summed E-state index contributed by atoms with van der Waals surface area (Å²) >= 11 is 0. The molecule has 1 atom stereocenters. The lowest BCUT2D eigenvalue weighted by molar-refractivity contribution is 0.0945. The van der Waals surface area contributed by atoms with E-state index in [4.69, 9.17) is 0 Å². The number of benzene rings is 3. The summed E-state index contributed by atoms with van der Waals surface area (Å²) < 4.78 is 3.42. The molecule has 3 heterocycles. The lowest BCUT2D eigenvalue weighted by atomic mass is 9.99. The highest BCUT2D eigenvalue weighted by Gasteiger charge is 2.23. The summed E-state index contributed by atoms with van der Waals surface area (Å²) in [4.78, 5) is 74.4. The van der Waals surface area contributed by atoms with Gasteiger partial charge in [-0.15, -0.1) is 15.3 Å². The van der Waals surface area contributed by atoms with Gasteiger partial charge in [-0.25, -0.2) is 0 Å². The smallest absolute Gasteiger partial charge is 0.281 e. The van der Waals surface area contributed by atoms with E-state index in [2.05, 4.69) is 67.4 Å². The first kappa shape index (κ1) is 74.1. The maximum Gasteiger partial charge on any atom is 0.281 e. The number of hydrogen-bond donors (Lipinski definition) is 6. The fraction of sp³-hybridized carbons (Fsp3) is 0.426. The van der Waals surface area contributed by atoms with Crippen LogP contribution in [0.3, 0.4) is 0 Å². The van der Waals surface area contributed by atoms with Gasteiger partial charge in [0.1, 0.15) is 34.9 Å². The van der Waals surface area contributed by atoms with Gasteiger partial charge in [0, 0.05) is 73.2 Å². The van der Waals surface area contributed by atoms with Gasteiger partial charge >= 0.3 is 0 Å². The van der Waals surface area contributed by atoms with Crippen LogP contribution >= 0.6 is 0 Å². The summed E-state index contributed by atoms with van der Waals surface area (Å²) in [5.74, 6) is -1.33. The second kappa shape index (κ2) is 38.2. The lowest BCUT2D eigenvalue weighted by Gasteiger charge is -2.19. The molecule has 0 bridgehead atoms. The number of carbonyl (C=O) groups is 3. The number of aromatic nitrogens is 3. The normalized spacial score (nSPS) is 11.2. The van der Waals surface area contributed by atoms with E-state index in [0.29, 0.717) is 84.9 Å². The molecule has 6 rings (SSSR count). The average Bonchev–Trinajstić information content (AvgIpc) is 0.873. The molecule has 6 N–H and O–H groups in total. The Morgan fingerprint density at radius 3 is 1.32 bits per heavy atom. The Kier molecular flexibility index (Phi) is 30.8. The number of pyridine rings is 3. The van der Waals surface area contributed by atoms with E-state index in [1.165, 1.54) is 16.2 Å². The molecule has 3 aromatic carbocycles. The van der Waals surface area contributed by atoms with E-state index in [0.717, 1.165) is 75.2 Å². The van der Waals surface area contributed by atoms with Crippen molar-refractivity contribution in [3.8, 4) is 35.8 Å². The zero-order valence-corrected chi connectivity index (χ0v) is 54.4. The first-order valence-electron chi connectivity index (χ1n) is 31.2. The topological polar surface area (TPSA) is 360 Å². The van der Waals surface area contributed by atoms with Crippen molar-refractivity contribution in [3.63, 3.8) is 0 Å². The van der Waals surface area contributed by atoms with Gasteiger partial charge in [0.25, 0.3) is 34.4 Å². The number of rotatable bonds is 28. The fourth-order valence-electron chi connectivity index (χ4n) is 9.35. The third-order valence-corrected chi connectivity index (χ3v) is 15.0. The molecule has 3 aromatic heterocycles. The minimum absolute atomic E-state index is 0.0214. The predicted octanol–water partition coefficient (Wildman–Crippen LogP) is 13.8. The number of nitrogens with one attached hydrogen (secondary N) is 3.